The largest absolute Gasteiger partial charge is 0.508 e. The molecule has 4 nitrogen and oxygen atoms in total. The second kappa shape index (κ2) is 6.84. The number of aromatic hydroxyl groups is 1. The second-order valence-electron chi connectivity index (χ2n) is 5.03. The molecule has 0 spiro atoms. The summed E-state index contributed by atoms with van der Waals surface area (Å²) < 4.78 is 13.2. The average Bonchev–Trinajstić information content (AvgIpc) is 2.87. The SMILES string of the molecule is OCCN(Cc1cc(F)ccc1O)CC1CCCN1. The minimum Gasteiger partial charge on any atom is -0.508 e. The van der Waals surface area contributed by atoms with Gasteiger partial charge in [-0.3, -0.25) is 4.90 Å². The molecule has 0 saturated carbocycles. The number of nitrogens with zero attached hydrogens (tertiary/aromatic N) is 1. The molecule has 1 saturated heterocycles. The number of hydrogen-bond acceptors (Lipinski definition) is 4. The Morgan fingerprint density at radius 1 is 1.42 bits per heavy atom. The molecule has 106 valence electrons. The van der Waals surface area contributed by atoms with Crippen LogP contribution in [-0.4, -0.2) is 47.4 Å². The predicted molar refractivity (Wildman–Crippen MR) is 71.5 cm³/mol. The van der Waals surface area contributed by atoms with Gasteiger partial charge in [-0.2, -0.15) is 0 Å². The maximum Gasteiger partial charge on any atom is 0.123 e. The van der Waals surface area contributed by atoms with Crippen molar-refractivity contribution >= 4 is 0 Å². The Labute approximate surface area is 112 Å². The van der Waals surface area contributed by atoms with E-state index in [2.05, 4.69) is 5.32 Å². The summed E-state index contributed by atoms with van der Waals surface area (Å²) in [6.45, 7) is 2.86. The van der Waals surface area contributed by atoms with Crippen LogP contribution in [0.5, 0.6) is 5.75 Å². The highest BCUT2D eigenvalue weighted by Crippen LogP contribution is 2.20. The lowest BCUT2D eigenvalue weighted by atomic mass is 10.1. The van der Waals surface area contributed by atoms with Crippen LogP contribution in [0.15, 0.2) is 18.2 Å². The van der Waals surface area contributed by atoms with Gasteiger partial charge in [0.25, 0.3) is 0 Å². The van der Waals surface area contributed by atoms with Gasteiger partial charge >= 0.3 is 0 Å². The lowest BCUT2D eigenvalue weighted by Crippen LogP contribution is -2.38. The quantitative estimate of drug-likeness (QED) is 0.722. The van der Waals surface area contributed by atoms with E-state index in [1.165, 1.54) is 24.6 Å². The molecule has 0 radical (unpaired) electrons. The summed E-state index contributed by atoms with van der Waals surface area (Å²) in [6, 6.07) is 4.38. The van der Waals surface area contributed by atoms with Gasteiger partial charge < -0.3 is 15.5 Å². The Kier molecular flexibility index (Phi) is 5.13. The second-order valence-corrected chi connectivity index (χ2v) is 5.03. The van der Waals surface area contributed by atoms with E-state index < -0.39 is 0 Å². The van der Waals surface area contributed by atoms with Crippen molar-refractivity contribution in [3.63, 3.8) is 0 Å². The van der Waals surface area contributed by atoms with E-state index in [0.717, 1.165) is 19.5 Å². The molecule has 1 aromatic carbocycles. The molecule has 1 aliphatic heterocycles. The van der Waals surface area contributed by atoms with Crippen molar-refractivity contribution in [2.45, 2.75) is 25.4 Å². The van der Waals surface area contributed by atoms with Crippen LogP contribution in [0, 0.1) is 5.82 Å². The first-order valence-electron chi connectivity index (χ1n) is 6.73. The standard InChI is InChI=1S/C14H21FN2O2/c15-12-3-4-14(19)11(8-12)9-17(6-7-18)10-13-2-1-5-16-13/h3-4,8,13,16,18-19H,1-2,5-7,9-10H2. The van der Waals surface area contributed by atoms with Crippen LogP contribution in [0.2, 0.25) is 0 Å². The van der Waals surface area contributed by atoms with Gasteiger partial charge in [-0.1, -0.05) is 0 Å². The molecule has 5 heteroatoms. The Morgan fingerprint density at radius 2 is 2.26 bits per heavy atom. The minimum absolute atomic E-state index is 0.0583. The van der Waals surface area contributed by atoms with E-state index in [4.69, 9.17) is 5.11 Å². The van der Waals surface area contributed by atoms with Gasteiger partial charge in [0.05, 0.1) is 6.61 Å². The van der Waals surface area contributed by atoms with Crippen LogP contribution < -0.4 is 5.32 Å². The zero-order valence-electron chi connectivity index (χ0n) is 11.0. The lowest BCUT2D eigenvalue weighted by molar-refractivity contribution is 0.177. The fraction of sp³-hybridized carbons (Fsp3) is 0.571. The van der Waals surface area contributed by atoms with Crippen molar-refractivity contribution in [1.82, 2.24) is 10.2 Å². The summed E-state index contributed by atoms with van der Waals surface area (Å²) in [6.07, 6.45) is 2.29. The lowest BCUT2D eigenvalue weighted by Gasteiger charge is -2.25. The highest BCUT2D eigenvalue weighted by molar-refractivity contribution is 5.32. The first-order chi connectivity index (χ1) is 9.19. The normalized spacial score (nSPS) is 19.2. The van der Waals surface area contributed by atoms with Crippen molar-refractivity contribution in [2.24, 2.45) is 0 Å². The van der Waals surface area contributed by atoms with Crippen molar-refractivity contribution in [3.05, 3.63) is 29.6 Å². The summed E-state index contributed by atoms with van der Waals surface area (Å²) in [4.78, 5) is 2.04. The number of nitrogens with one attached hydrogen (secondary N) is 1. The number of phenols is 1. The van der Waals surface area contributed by atoms with Crippen molar-refractivity contribution in [2.75, 3.05) is 26.2 Å². The average molecular weight is 268 g/mol. The minimum atomic E-state index is -0.351. The maximum absolute atomic E-state index is 13.2. The molecule has 1 heterocycles. The van der Waals surface area contributed by atoms with Crippen LogP contribution in [0.25, 0.3) is 0 Å². The highest BCUT2D eigenvalue weighted by atomic mass is 19.1. The first kappa shape index (κ1) is 14.2. The van der Waals surface area contributed by atoms with E-state index in [-0.39, 0.29) is 18.2 Å². The van der Waals surface area contributed by atoms with Crippen LogP contribution >= 0.6 is 0 Å². The van der Waals surface area contributed by atoms with Gasteiger partial charge in [-0.25, -0.2) is 4.39 Å². The Morgan fingerprint density at radius 3 is 2.95 bits per heavy atom. The summed E-state index contributed by atoms with van der Waals surface area (Å²) in [7, 11) is 0. The smallest absolute Gasteiger partial charge is 0.123 e. The number of aliphatic hydroxyl groups is 1. The van der Waals surface area contributed by atoms with Crippen molar-refractivity contribution in [3.8, 4) is 5.75 Å². The van der Waals surface area contributed by atoms with Crippen LogP contribution in [0.4, 0.5) is 4.39 Å². The van der Waals surface area contributed by atoms with Crippen LogP contribution in [-0.2, 0) is 6.54 Å². The third-order valence-electron chi connectivity index (χ3n) is 3.49. The Bertz CT molecular complexity index is 408. The van der Waals surface area contributed by atoms with E-state index in [1.54, 1.807) is 0 Å². The molecule has 1 aliphatic rings. The molecule has 2 rings (SSSR count). The highest BCUT2D eigenvalue weighted by Gasteiger charge is 2.18. The van der Waals surface area contributed by atoms with E-state index in [1.807, 2.05) is 4.90 Å². The van der Waals surface area contributed by atoms with Gasteiger partial charge in [-0.15, -0.1) is 0 Å². The third kappa shape index (κ3) is 4.16. The number of phenolic OH excluding ortho intramolecular Hbond substituents is 1. The fourth-order valence-electron chi connectivity index (χ4n) is 2.52. The summed E-state index contributed by atoms with van der Waals surface area (Å²) in [5.74, 6) is -0.250. The van der Waals surface area contributed by atoms with E-state index in [9.17, 15) is 9.50 Å². The number of halogens is 1. The summed E-state index contributed by atoms with van der Waals surface area (Å²) >= 11 is 0. The van der Waals surface area contributed by atoms with Gasteiger partial charge in [-0.05, 0) is 37.6 Å². The van der Waals surface area contributed by atoms with E-state index in [0.29, 0.717) is 24.7 Å². The molecule has 0 aliphatic carbocycles. The first-order valence-corrected chi connectivity index (χ1v) is 6.73. The molecule has 1 fully saturated rings. The number of hydrogen-bond donors (Lipinski definition) is 3. The van der Waals surface area contributed by atoms with E-state index >= 15 is 0 Å². The van der Waals surface area contributed by atoms with Gasteiger partial charge in [0, 0.05) is 31.2 Å². The third-order valence-corrected chi connectivity index (χ3v) is 3.49. The zero-order valence-corrected chi connectivity index (χ0v) is 11.0. The fourth-order valence-corrected chi connectivity index (χ4v) is 2.52. The van der Waals surface area contributed by atoms with Crippen molar-refractivity contribution < 1.29 is 14.6 Å². The molecule has 0 bridgehead atoms. The number of aliphatic hydroxyl groups excluding tert-OH is 1. The maximum atomic E-state index is 13.2. The predicted octanol–water partition coefficient (Wildman–Crippen LogP) is 1.08. The van der Waals surface area contributed by atoms with Crippen LogP contribution in [0.3, 0.4) is 0 Å². The summed E-state index contributed by atoms with van der Waals surface area (Å²) in [5, 5.41) is 22.3. The molecule has 1 aromatic rings. The monoisotopic (exact) mass is 268 g/mol. The van der Waals surface area contributed by atoms with Crippen molar-refractivity contribution in [1.29, 1.82) is 0 Å². The van der Waals surface area contributed by atoms with Gasteiger partial charge in [0.1, 0.15) is 11.6 Å². The molecular weight excluding hydrogens is 247 g/mol. The molecular formula is C14H21FN2O2. The molecule has 1 atom stereocenters. The molecule has 19 heavy (non-hydrogen) atoms. The summed E-state index contributed by atoms with van der Waals surface area (Å²) in [5.41, 5.74) is 0.562. The zero-order chi connectivity index (χ0) is 13.7. The van der Waals surface area contributed by atoms with Gasteiger partial charge in [0.15, 0.2) is 0 Å². The molecule has 1 unspecified atom stereocenters. The molecule has 0 amide bonds. The topological polar surface area (TPSA) is 55.7 Å². The Hall–Kier alpha value is -1.17. The molecule has 0 aromatic heterocycles. The van der Waals surface area contributed by atoms with Gasteiger partial charge in [0.2, 0.25) is 0 Å². The number of benzene rings is 1. The Balaban J connectivity index is 2.00. The molecule has 3 N–H and O–H groups in total. The number of rotatable bonds is 6. The van der Waals surface area contributed by atoms with Crippen LogP contribution in [0.1, 0.15) is 18.4 Å².